The van der Waals surface area contributed by atoms with Gasteiger partial charge >= 0.3 is 5.97 Å². The quantitative estimate of drug-likeness (QED) is 0.570. The van der Waals surface area contributed by atoms with Crippen LogP contribution in [0.15, 0.2) is 78.9 Å². The summed E-state index contributed by atoms with van der Waals surface area (Å²) >= 11 is 0. The highest BCUT2D eigenvalue weighted by Gasteiger charge is 2.25. The molecule has 158 valence electrons. The largest absolute Gasteiger partial charge is 0.446 e. The number of aryl methyl sites for hydroxylation is 1. The molecule has 0 fully saturated rings. The SMILES string of the molecule is Cc1ccc(NC(=O)[C@H](OC(=O)CNC(=O)c2cccc(F)c2)c2ccccc2)cc1. The van der Waals surface area contributed by atoms with Gasteiger partial charge in [0.1, 0.15) is 12.4 Å². The van der Waals surface area contributed by atoms with Crippen molar-refractivity contribution in [1.82, 2.24) is 5.32 Å². The molecule has 3 rings (SSSR count). The molecule has 0 saturated heterocycles. The Hall–Kier alpha value is -4.00. The highest BCUT2D eigenvalue weighted by atomic mass is 19.1. The molecule has 0 heterocycles. The van der Waals surface area contributed by atoms with E-state index in [1.165, 1.54) is 18.2 Å². The first kappa shape index (κ1) is 21.7. The Morgan fingerprint density at radius 3 is 2.32 bits per heavy atom. The Morgan fingerprint density at radius 2 is 1.65 bits per heavy atom. The zero-order valence-corrected chi connectivity index (χ0v) is 16.8. The summed E-state index contributed by atoms with van der Waals surface area (Å²) in [5, 5.41) is 5.09. The standard InChI is InChI=1S/C24H21FN2O4/c1-16-10-12-20(13-11-16)27-24(30)22(17-6-3-2-4-7-17)31-21(28)15-26-23(29)18-8-5-9-19(25)14-18/h2-14,22H,15H2,1H3,(H,26,29)(H,27,30)/t22-/m1/s1. The number of amides is 2. The van der Waals surface area contributed by atoms with E-state index in [-0.39, 0.29) is 5.56 Å². The Morgan fingerprint density at radius 1 is 0.935 bits per heavy atom. The highest BCUT2D eigenvalue weighted by Crippen LogP contribution is 2.20. The van der Waals surface area contributed by atoms with E-state index in [0.717, 1.165) is 11.6 Å². The lowest BCUT2D eigenvalue weighted by molar-refractivity contribution is -0.153. The number of carbonyl (C=O) groups is 3. The lowest BCUT2D eigenvalue weighted by Gasteiger charge is -2.18. The van der Waals surface area contributed by atoms with Gasteiger partial charge in [0, 0.05) is 16.8 Å². The first-order valence-corrected chi connectivity index (χ1v) is 9.58. The van der Waals surface area contributed by atoms with Crippen molar-refractivity contribution in [3.63, 3.8) is 0 Å². The number of hydrogen-bond acceptors (Lipinski definition) is 4. The van der Waals surface area contributed by atoms with E-state index in [9.17, 15) is 18.8 Å². The van der Waals surface area contributed by atoms with Crippen molar-refractivity contribution in [1.29, 1.82) is 0 Å². The number of halogens is 1. The van der Waals surface area contributed by atoms with Crippen molar-refractivity contribution >= 4 is 23.5 Å². The minimum absolute atomic E-state index is 0.0736. The first-order valence-electron chi connectivity index (χ1n) is 9.58. The van der Waals surface area contributed by atoms with E-state index in [1.807, 2.05) is 19.1 Å². The summed E-state index contributed by atoms with van der Waals surface area (Å²) in [5.74, 6) is -2.53. The summed E-state index contributed by atoms with van der Waals surface area (Å²) in [6.45, 7) is 1.45. The van der Waals surface area contributed by atoms with Gasteiger partial charge in [-0.25, -0.2) is 4.39 Å². The summed E-state index contributed by atoms with van der Waals surface area (Å²) in [6.07, 6.45) is -1.21. The second kappa shape index (κ2) is 10.2. The van der Waals surface area contributed by atoms with Crippen LogP contribution in [0.25, 0.3) is 0 Å². The van der Waals surface area contributed by atoms with E-state index in [2.05, 4.69) is 10.6 Å². The van der Waals surface area contributed by atoms with E-state index < -0.39 is 36.2 Å². The van der Waals surface area contributed by atoms with Crippen LogP contribution >= 0.6 is 0 Å². The fraction of sp³-hybridized carbons (Fsp3) is 0.125. The van der Waals surface area contributed by atoms with Gasteiger partial charge in [0.2, 0.25) is 6.10 Å². The molecule has 7 heteroatoms. The molecule has 0 aliphatic carbocycles. The number of nitrogens with one attached hydrogen (secondary N) is 2. The number of benzene rings is 3. The molecular formula is C24H21FN2O4. The average Bonchev–Trinajstić information content (AvgIpc) is 2.78. The van der Waals surface area contributed by atoms with Gasteiger partial charge in [0.25, 0.3) is 11.8 Å². The van der Waals surface area contributed by atoms with E-state index in [0.29, 0.717) is 11.3 Å². The molecule has 6 nitrogen and oxygen atoms in total. The number of ether oxygens (including phenoxy) is 1. The van der Waals surface area contributed by atoms with Gasteiger partial charge < -0.3 is 15.4 Å². The number of carbonyl (C=O) groups excluding carboxylic acids is 3. The van der Waals surface area contributed by atoms with Crippen LogP contribution in [0.1, 0.15) is 27.6 Å². The lowest BCUT2D eigenvalue weighted by Crippen LogP contribution is -2.33. The van der Waals surface area contributed by atoms with Crippen molar-refractivity contribution in [2.45, 2.75) is 13.0 Å². The van der Waals surface area contributed by atoms with Crippen molar-refractivity contribution in [3.05, 3.63) is 101 Å². The summed E-state index contributed by atoms with van der Waals surface area (Å²) in [4.78, 5) is 37.2. The lowest BCUT2D eigenvalue weighted by atomic mass is 10.1. The van der Waals surface area contributed by atoms with Crippen LogP contribution in [0.5, 0.6) is 0 Å². The molecule has 1 atom stereocenters. The minimum Gasteiger partial charge on any atom is -0.446 e. The van der Waals surface area contributed by atoms with Crippen LogP contribution in [0.3, 0.4) is 0 Å². The maximum Gasteiger partial charge on any atom is 0.326 e. The summed E-state index contributed by atoms with van der Waals surface area (Å²) in [6, 6.07) is 20.8. The average molecular weight is 420 g/mol. The van der Waals surface area contributed by atoms with Gasteiger partial charge in [-0.2, -0.15) is 0 Å². The summed E-state index contributed by atoms with van der Waals surface area (Å²) < 4.78 is 18.6. The fourth-order valence-corrected chi connectivity index (χ4v) is 2.80. The molecule has 0 radical (unpaired) electrons. The van der Waals surface area contributed by atoms with Crippen LogP contribution in [-0.2, 0) is 14.3 Å². The first-order chi connectivity index (χ1) is 14.9. The van der Waals surface area contributed by atoms with Crippen LogP contribution in [0, 0.1) is 12.7 Å². The normalized spacial score (nSPS) is 11.3. The zero-order chi connectivity index (χ0) is 22.2. The topological polar surface area (TPSA) is 84.5 Å². The summed E-state index contributed by atoms with van der Waals surface area (Å²) in [7, 11) is 0. The molecule has 0 bridgehead atoms. The number of rotatable bonds is 7. The van der Waals surface area contributed by atoms with Crippen molar-refractivity contribution in [2.75, 3.05) is 11.9 Å². The second-order valence-corrected chi connectivity index (χ2v) is 6.83. The Labute approximate surface area is 179 Å². The Balaban J connectivity index is 1.66. The van der Waals surface area contributed by atoms with Gasteiger partial charge in [0.05, 0.1) is 0 Å². The van der Waals surface area contributed by atoms with Gasteiger partial charge in [0.15, 0.2) is 0 Å². The van der Waals surface area contributed by atoms with Crippen molar-refractivity contribution < 1.29 is 23.5 Å². The molecule has 0 aromatic heterocycles. The third-order valence-electron chi connectivity index (χ3n) is 4.39. The van der Waals surface area contributed by atoms with Crippen LogP contribution in [-0.4, -0.2) is 24.3 Å². The third kappa shape index (κ3) is 6.24. The number of anilines is 1. The molecule has 2 N–H and O–H groups in total. The van der Waals surface area contributed by atoms with Crippen LogP contribution < -0.4 is 10.6 Å². The molecule has 0 aliphatic rings. The molecule has 0 saturated carbocycles. The minimum atomic E-state index is -1.21. The molecule has 0 aliphatic heterocycles. The molecule has 3 aromatic rings. The molecule has 2 amide bonds. The van der Waals surface area contributed by atoms with Gasteiger partial charge in [-0.15, -0.1) is 0 Å². The predicted molar refractivity (Wildman–Crippen MR) is 114 cm³/mol. The smallest absolute Gasteiger partial charge is 0.326 e. The molecule has 0 spiro atoms. The highest BCUT2D eigenvalue weighted by molar-refractivity contribution is 5.97. The predicted octanol–water partition coefficient (Wildman–Crippen LogP) is 3.79. The van der Waals surface area contributed by atoms with Gasteiger partial charge in [-0.1, -0.05) is 54.1 Å². The van der Waals surface area contributed by atoms with Crippen molar-refractivity contribution in [3.8, 4) is 0 Å². The maximum atomic E-state index is 13.3. The number of hydrogen-bond donors (Lipinski definition) is 2. The number of esters is 1. The molecular weight excluding hydrogens is 399 g/mol. The third-order valence-corrected chi connectivity index (χ3v) is 4.39. The molecule has 0 unspecified atom stereocenters. The monoisotopic (exact) mass is 420 g/mol. The Bertz CT molecular complexity index is 1070. The second-order valence-electron chi connectivity index (χ2n) is 6.83. The summed E-state index contributed by atoms with van der Waals surface area (Å²) in [5.41, 5.74) is 2.16. The van der Waals surface area contributed by atoms with Gasteiger partial charge in [-0.3, -0.25) is 14.4 Å². The van der Waals surface area contributed by atoms with Crippen LogP contribution in [0.2, 0.25) is 0 Å². The van der Waals surface area contributed by atoms with E-state index in [4.69, 9.17) is 4.74 Å². The van der Waals surface area contributed by atoms with E-state index >= 15 is 0 Å². The van der Waals surface area contributed by atoms with Crippen molar-refractivity contribution in [2.24, 2.45) is 0 Å². The molecule has 31 heavy (non-hydrogen) atoms. The van der Waals surface area contributed by atoms with Crippen LogP contribution in [0.4, 0.5) is 10.1 Å². The van der Waals surface area contributed by atoms with Gasteiger partial charge in [-0.05, 0) is 37.3 Å². The molecule has 3 aromatic carbocycles. The maximum absolute atomic E-state index is 13.3. The Kier molecular flexibility index (Phi) is 7.11. The van der Waals surface area contributed by atoms with E-state index in [1.54, 1.807) is 42.5 Å². The fourth-order valence-electron chi connectivity index (χ4n) is 2.80. The zero-order valence-electron chi connectivity index (χ0n) is 16.8.